The van der Waals surface area contributed by atoms with Crippen LogP contribution in [0.5, 0.6) is 0 Å². The average Bonchev–Trinajstić information content (AvgIpc) is 2.97. The first kappa shape index (κ1) is 31.8. The fourth-order valence-corrected chi connectivity index (χ4v) is 5.47. The molecule has 10 nitrogen and oxygen atoms in total. The van der Waals surface area contributed by atoms with Gasteiger partial charge in [-0.05, 0) is 55.2 Å². The smallest absolute Gasteiger partial charge is 0.407 e. The first-order chi connectivity index (χ1) is 20.5. The second-order valence-corrected chi connectivity index (χ2v) is 10.9. The molecule has 3 aromatic rings. The van der Waals surface area contributed by atoms with Gasteiger partial charge in [-0.25, -0.2) is 18.6 Å². The van der Waals surface area contributed by atoms with Gasteiger partial charge in [0, 0.05) is 43.4 Å². The van der Waals surface area contributed by atoms with Crippen molar-refractivity contribution in [3.05, 3.63) is 71.2 Å². The van der Waals surface area contributed by atoms with Crippen molar-refractivity contribution in [1.29, 1.82) is 0 Å². The van der Waals surface area contributed by atoms with E-state index >= 15 is 4.39 Å². The van der Waals surface area contributed by atoms with Crippen LogP contribution in [0.2, 0.25) is 0 Å². The summed E-state index contributed by atoms with van der Waals surface area (Å²) in [4.78, 5) is 35.8. The van der Waals surface area contributed by atoms with Gasteiger partial charge in [-0.1, -0.05) is 19.9 Å². The molecule has 0 saturated carbocycles. The number of halogens is 2. The van der Waals surface area contributed by atoms with Crippen molar-refractivity contribution in [3.8, 4) is 11.3 Å². The number of amides is 2. The van der Waals surface area contributed by atoms with Gasteiger partial charge in [0.15, 0.2) is 0 Å². The van der Waals surface area contributed by atoms with Crippen LogP contribution in [0, 0.1) is 30.4 Å². The zero-order valence-electron chi connectivity index (χ0n) is 25.0. The number of ether oxygens (including phenoxy) is 2. The van der Waals surface area contributed by atoms with E-state index in [0.717, 1.165) is 6.07 Å². The summed E-state index contributed by atoms with van der Waals surface area (Å²) in [6.45, 7) is 9.24. The van der Waals surface area contributed by atoms with E-state index in [1.165, 1.54) is 25.4 Å². The average molecular weight is 597 g/mol. The van der Waals surface area contributed by atoms with Crippen LogP contribution in [0.1, 0.15) is 42.4 Å². The largest absolute Gasteiger partial charge is 0.453 e. The Morgan fingerprint density at radius 2 is 1.93 bits per heavy atom. The number of nitrogens with one attached hydrogen (secondary N) is 2. The number of rotatable bonds is 9. The van der Waals surface area contributed by atoms with Gasteiger partial charge in [0.25, 0.3) is 5.91 Å². The number of hydrogen-bond acceptors (Lipinski definition) is 8. The summed E-state index contributed by atoms with van der Waals surface area (Å²) in [5, 5.41) is 5.69. The number of aromatic nitrogens is 2. The molecule has 2 amide bonds. The van der Waals surface area contributed by atoms with E-state index in [9.17, 15) is 14.0 Å². The van der Waals surface area contributed by atoms with Crippen molar-refractivity contribution in [2.24, 2.45) is 17.6 Å². The zero-order valence-corrected chi connectivity index (χ0v) is 25.0. The molecule has 0 radical (unpaired) electrons. The monoisotopic (exact) mass is 596 g/mol. The molecule has 0 aliphatic carbocycles. The lowest BCUT2D eigenvalue weighted by molar-refractivity contribution is 0.102. The first-order valence-corrected chi connectivity index (χ1v) is 14.2. The van der Waals surface area contributed by atoms with Crippen molar-refractivity contribution in [3.63, 3.8) is 0 Å². The van der Waals surface area contributed by atoms with Crippen LogP contribution in [0.3, 0.4) is 0 Å². The number of nitrogens with zero attached hydrogens (tertiary/aromatic N) is 3. The summed E-state index contributed by atoms with van der Waals surface area (Å²) in [6.07, 6.45) is 2.57. The fourth-order valence-electron chi connectivity index (χ4n) is 5.47. The minimum atomic E-state index is -0.754. The zero-order chi connectivity index (χ0) is 31.3. The van der Waals surface area contributed by atoms with Gasteiger partial charge in [0.1, 0.15) is 23.0 Å². The number of benzene rings is 1. The minimum Gasteiger partial charge on any atom is -0.453 e. The van der Waals surface area contributed by atoms with Crippen LogP contribution in [-0.2, 0) is 16.1 Å². The van der Waals surface area contributed by atoms with E-state index in [4.69, 9.17) is 15.2 Å². The predicted molar refractivity (Wildman–Crippen MR) is 160 cm³/mol. The van der Waals surface area contributed by atoms with Gasteiger partial charge >= 0.3 is 6.09 Å². The maximum atomic E-state index is 15.2. The van der Waals surface area contributed by atoms with Crippen molar-refractivity contribution in [2.45, 2.75) is 46.4 Å². The molecule has 0 spiro atoms. The van der Waals surface area contributed by atoms with Gasteiger partial charge in [-0.15, -0.1) is 0 Å². The van der Waals surface area contributed by atoms with E-state index in [1.807, 2.05) is 11.8 Å². The predicted octanol–water partition coefficient (Wildman–Crippen LogP) is 4.66. The highest BCUT2D eigenvalue weighted by Gasteiger charge is 2.38. The molecule has 1 fully saturated rings. The Morgan fingerprint density at radius 1 is 1.16 bits per heavy atom. The second kappa shape index (κ2) is 13.9. The Balaban J connectivity index is 1.59. The van der Waals surface area contributed by atoms with Crippen molar-refractivity contribution in [1.82, 2.24) is 15.3 Å². The Morgan fingerprint density at radius 3 is 2.60 bits per heavy atom. The Hall–Kier alpha value is -4.16. The summed E-state index contributed by atoms with van der Waals surface area (Å²) in [6, 6.07) is 6.38. The summed E-state index contributed by atoms with van der Waals surface area (Å²) in [5.74, 6) is -1.87. The van der Waals surface area contributed by atoms with Gasteiger partial charge in [-0.2, -0.15) is 0 Å². The third-order valence-electron chi connectivity index (χ3n) is 7.63. The van der Waals surface area contributed by atoms with E-state index in [-0.39, 0.29) is 41.4 Å². The number of carbonyl (C=O) groups is 2. The molecule has 3 unspecified atom stereocenters. The molecule has 3 heterocycles. The lowest BCUT2D eigenvalue weighted by Crippen LogP contribution is -2.63. The molecule has 2 aromatic heterocycles. The van der Waals surface area contributed by atoms with Crippen LogP contribution < -0.4 is 21.3 Å². The number of pyridine rings is 2. The van der Waals surface area contributed by atoms with Gasteiger partial charge in [0.05, 0.1) is 37.3 Å². The highest BCUT2D eigenvalue weighted by molar-refractivity contribution is 6.04. The number of methoxy groups -OCH3 is 1. The van der Waals surface area contributed by atoms with E-state index in [0.29, 0.717) is 42.2 Å². The number of hydrogen-bond donors (Lipinski definition) is 3. The van der Waals surface area contributed by atoms with Crippen molar-refractivity contribution >= 4 is 23.4 Å². The molecule has 4 rings (SSSR count). The van der Waals surface area contributed by atoms with Crippen molar-refractivity contribution in [2.75, 3.05) is 37.0 Å². The molecule has 1 aliphatic heterocycles. The topological polar surface area (TPSA) is 132 Å². The lowest BCUT2D eigenvalue weighted by atomic mass is 9.81. The maximum absolute atomic E-state index is 15.2. The maximum Gasteiger partial charge on any atom is 0.407 e. The van der Waals surface area contributed by atoms with Crippen LogP contribution >= 0.6 is 0 Å². The second-order valence-electron chi connectivity index (χ2n) is 10.9. The molecule has 230 valence electrons. The third-order valence-corrected chi connectivity index (χ3v) is 7.63. The molecular weight excluding hydrogens is 558 g/mol. The number of nitrogens with two attached hydrogens (primary N) is 1. The summed E-state index contributed by atoms with van der Waals surface area (Å²) in [7, 11) is 1.31. The fraction of sp³-hybridized carbons (Fsp3) is 0.419. The standard InChI is InChI=1S/C31H38F2N6O4/c1-6-43-16-19-11-18(4)27(22(33)12-19)29-21(32)7-8-24(36-29)30(40)37-25-13-35-10-9-26(25)39-14-20(17(2)3)28(23(34)15-39)38-31(41)42-5/h7-13,17,20,23,28H,6,14-16,34H2,1-5H3,(H,37,40)(H,38,41). The molecule has 0 bridgehead atoms. The quantitative estimate of drug-likeness (QED) is 0.325. The first-order valence-electron chi connectivity index (χ1n) is 14.2. The number of piperidine rings is 1. The Bertz CT molecular complexity index is 1450. The summed E-state index contributed by atoms with van der Waals surface area (Å²) >= 11 is 0. The summed E-state index contributed by atoms with van der Waals surface area (Å²) in [5.41, 5.74) is 8.30. The van der Waals surface area contributed by atoms with E-state index in [1.54, 1.807) is 25.3 Å². The highest BCUT2D eigenvalue weighted by atomic mass is 19.1. The number of aryl methyl sites for hydroxylation is 1. The minimum absolute atomic E-state index is 0.0149. The molecule has 1 aliphatic rings. The highest BCUT2D eigenvalue weighted by Crippen LogP contribution is 2.33. The lowest BCUT2D eigenvalue weighted by Gasteiger charge is -2.45. The molecule has 3 atom stereocenters. The van der Waals surface area contributed by atoms with Gasteiger partial charge in [0.2, 0.25) is 0 Å². The number of anilines is 2. The normalized spacial score (nSPS) is 18.4. The van der Waals surface area contributed by atoms with Gasteiger partial charge in [-0.3, -0.25) is 9.78 Å². The summed E-state index contributed by atoms with van der Waals surface area (Å²) < 4.78 is 40.3. The molecule has 4 N–H and O–H groups in total. The van der Waals surface area contributed by atoms with Gasteiger partial charge < -0.3 is 30.7 Å². The Kier molecular flexibility index (Phi) is 10.3. The molecule has 12 heteroatoms. The van der Waals surface area contributed by atoms with Crippen LogP contribution in [-0.4, -0.2) is 60.9 Å². The van der Waals surface area contributed by atoms with E-state index in [2.05, 4.69) is 34.4 Å². The molecular formula is C31H38F2N6O4. The van der Waals surface area contributed by atoms with E-state index < -0.39 is 29.7 Å². The molecule has 1 saturated heterocycles. The van der Waals surface area contributed by atoms with Crippen molar-refractivity contribution < 1.29 is 27.8 Å². The number of carbonyl (C=O) groups excluding carboxylic acids is 2. The van der Waals surface area contributed by atoms with Crippen LogP contribution in [0.15, 0.2) is 42.7 Å². The SMILES string of the molecule is CCOCc1cc(C)c(-c2nc(C(=O)Nc3cnccc3N3CC(N)C(NC(=O)OC)C(C(C)C)C3)ccc2F)c(F)c1. The van der Waals surface area contributed by atoms with Crippen LogP contribution in [0.25, 0.3) is 11.3 Å². The number of alkyl carbamates (subject to hydrolysis) is 1. The van der Waals surface area contributed by atoms with Crippen LogP contribution in [0.4, 0.5) is 25.0 Å². The third kappa shape index (κ3) is 7.26. The molecule has 43 heavy (non-hydrogen) atoms. The Labute approximate surface area is 250 Å². The molecule has 1 aromatic carbocycles.